The molecule has 0 bridgehead atoms. The largest absolute Gasteiger partial charge is 0.281 e. The Morgan fingerprint density at radius 2 is 1.76 bits per heavy atom. The maximum absolute atomic E-state index is 11.6. The lowest BCUT2D eigenvalue weighted by Gasteiger charge is -2.41. The van der Waals surface area contributed by atoms with Gasteiger partial charge >= 0.3 is 0 Å². The van der Waals surface area contributed by atoms with Crippen molar-refractivity contribution in [2.75, 3.05) is 0 Å². The van der Waals surface area contributed by atoms with Gasteiger partial charge in [-0.3, -0.25) is 4.79 Å². The Balaban J connectivity index is 2.39. The van der Waals surface area contributed by atoms with Crippen LogP contribution in [0.15, 0.2) is 30.3 Å². The van der Waals surface area contributed by atoms with Gasteiger partial charge in [0.2, 0.25) is 5.24 Å². The van der Waals surface area contributed by atoms with E-state index < -0.39 is 0 Å². The summed E-state index contributed by atoms with van der Waals surface area (Å²) in [5.74, 6) is -0.0909. The van der Waals surface area contributed by atoms with Crippen LogP contribution in [0, 0.1) is 5.92 Å². The summed E-state index contributed by atoms with van der Waals surface area (Å²) in [5, 5.41) is -0.198. The molecule has 0 N–H and O–H groups in total. The fourth-order valence-electron chi connectivity index (χ4n) is 3.14. The third-order valence-electron chi connectivity index (χ3n) is 4.26. The van der Waals surface area contributed by atoms with Crippen molar-refractivity contribution < 1.29 is 4.79 Å². The second-order valence-corrected chi connectivity index (χ2v) is 5.48. The molecule has 0 aliphatic heterocycles. The molecule has 1 atom stereocenters. The molecule has 92 valence electrons. The SMILES string of the molecule is CC(C(=O)Cl)C1(c2ccccc2)CCCCC1. The van der Waals surface area contributed by atoms with Gasteiger partial charge in [0.25, 0.3) is 0 Å². The van der Waals surface area contributed by atoms with Crippen LogP contribution in [-0.2, 0) is 10.2 Å². The van der Waals surface area contributed by atoms with Gasteiger partial charge in [0.05, 0.1) is 0 Å². The molecule has 0 spiro atoms. The van der Waals surface area contributed by atoms with Crippen molar-refractivity contribution in [1.82, 2.24) is 0 Å². The van der Waals surface area contributed by atoms with Crippen LogP contribution in [-0.4, -0.2) is 5.24 Å². The molecule has 2 heteroatoms. The molecule has 0 radical (unpaired) electrons. The first kappa shape index (κ1) is 12.6. The quantitative estimate of drug-likeness (QED) is 0.732. The zero-order valence-electron chi connectivity index (χ0n) is 10.3. The smallest absolute Gasteiger partial charge is 0.225 e. The molecule has 1 aliphatic carbocycles. The Morgan fingerprint density at radius 1 is 1.18 bits per heavy atom. The summed E-state index contributed by atoms with van der Waals surface area (Å²) in [4.78, 5) is 11.6. The second-order valence-electron chi connectivity index (χ2n) is 5.11. The van der Waals surface area contributed by atoms with Crippen molar-refractivity contribution in [3.63, 3.8) is 0 Å². The molecule has 1 saturated carbocycles. The molecule has 0 heterocycles. The molecule has 1 fully saturated rings. The monoisotopic (exact) mass is 250 g/mol. The van der Waals surface area contributed by atoms with Gasteiger partial charge in [0, 0.05) is 11.3 Å². The fourth-order valence-corrected chi connectivity index (χ4v) is 3.35. The van der Waals surface area contributed by atoms with E-state index in [-0.39, 0.29) is 16.6 Å². The number of benzene rings is 1. The van der Waals surface area contributed by atoms with Crippen molar-refractivity contribution in [2.24, 2.45) is 5.92 Å². The Hall–Kier alpha value is -0.820. The van der Waals surface area contributed by atoms with Crippen LogP contribution in [0.4, 0.5) is 0 Å². The minimum absolute atomic E-state index is 0.0294. The predicted molar refractivity (Wildman–Crippen MR) is 71.2 cm³/mol. The maximum atomic E-state index is 11.6. The first-order valence-corrected chi connectivity index (χ1v) is 6.79. The van der Waals surface area contributed by atoms with E-state index in [4.69, 9.17) is 11.6 Å². The number of hydrogen-bond acceptors (Lipinski definition) is 1. The number of rotatable bonds is 3. The van der Waals surface area contributed by atoms with Gasteiger partial charge in [-0.15, -0.1) is 0 Å². The van der Waals surface area contributed by atoms with Gasteiger partial charge in [-0.05, 0) is 30.0 Å². The zero-order chi connectivity index (χ0) is 12.3. The van der Waals surface area contributed by atoms with Gasteiger partial charge in [-0.25, -0.2) is 0 Å². The van der Waals surface area contributed by atoms with E-state index >= 15 is 0 Å². The van der Waals surface area contributed by atoms with Crippen LogP contribution >= 0.6 is 11.6 Å². The Kier molecular flexibility index (Phi) is 3.88. The van der Waals surface area contributed by atoms with Gasteiger partial charge in [0.15, 0.2) is 0 Å². The van der Waals surface area contributed by atoms with E-state index in [1.807, 2.05) is 13.0 Å². The lowest BCUT2D eigenvalue weighted by atomic mass is 9.63. The molecule has 1 aromatic carbocycles. The van der Waals surface area contributed by atoms with E-state index in [0.717, 1.165) is 12.8 Å². The average Bonchev–Trinajstić information content (AvgIpc) is 2.39. The van der Waals surface area contributed by atoms with E-state index in [9.17, 15) is 4.79 Å². The molecule has 2 rings (SSSR count). The lowest BCUT2D eigenvalue weighted by Crippen LogP contribution is -2.38. The van der Waals surface area contributed by atoms with Gasteiger partial charge < -0.3 is 0 Å². The average molecular weight is 251 g/mol. The third-order valence-corrected chi connectivity index (χ3v) is 4.59. The fraction of sp³-hybridized carbons (Fsp3) is 0.533. The summed E-state index contributed by atoms with van der Waals surface area (Å²) in [6.07, 6.45) is 5.83. The molecule has 1 aliphatic rings. The van der Waals surface area contributed by atoms with Gasteiger partial charge in [0.1, 0.15) is 0 Å². The van der Waals surface area contributed by atoms with Crippen LogP contribution in [0.3, 0.4) is 0 Å². The van der Waals surface area contributed by atoms with Crippen LogP contribution < -0.4 is 0 Å². The Labute approximate surface area is 108 Å². The standard InChI is InChI=1S/C15H19ClO/c1-12(14(16)17)15(10-6-3-7-11-15)13-8-4-2-5-9-13/h2,4-5,8-9,12H,3,6-7,10-11H2,1H3. The van der Waals surface area contributed by atoms with E-state index in [1.165, 1.54) is 24.8 Å². The van der Waals surface area contributed by atoms with Gasteiger partial charge in [-0.1, -0.05) is 56.5 Å². The summed E-state index contributed by atoms with van der Waals surface area (Å²) < 4.78 is 0. The number of hydrogen-bond donors (Lipinski definition) is 0. The Morgan fingerprint density at radius 3 is 2.29 bits per heavy atom. The number of carbonyl (C=O) groups is 1. The van der Waals surface area contributed by atoms with Crippen molar-refractivity contribution >= 4 is 16.8 Å². The number of carbonyl (C=O) groups excluding carboxylic acids is 1. The van der Waals surface area contributed by atoms with Crippen LogP contribution in [0.2, 0.25) is 0 Å². The van der Waals surface area contributed by atoms with Crippen LogP contribution in [0.1, 0.15) is 44.6 Å². The molecular formula is C15H19ClO. The minimum Gasteiger partial charge on any atom is -0.281 e. The molecule has 17 heavy (non-hydrogen) atoms. The molecule has 1 unspecified atom stereocenters. The first-order chi connectivity index (χ1) is 8.17. The predicted octanol–water partition coefficient (Wildman–Crippen LogP) is 4.29. The van der Waals surface area contributed by atoms with Crippen LogP contribution in [0.5, 0.6) is 0 Å². The maximum Gasteiger partial charge on any atom is 0.225 e. The minimum atomic E-state index is -0.198. The highest BCUT2D eigenvalue weighted by atomic mass is 35.5. The highest BCUT2D eigenvalue weighted by Crippen LogP contribution is 2.45. The topological polar surface area (TPSA) is 17.1 Å². The molecule has 0 aromatic heterocycles. The highest BCUT2D eigenvalue weighted by molar-refractivity contribution is 6.64. The van der Waals surface area contributed by atoms with Crippen molar-refractivity contribution in [1.29, 1.82) is 0 Å². The van der Waals surface area contributed by atoms with Crippen molar-refractivity contribution in [3.8, 4) is 0 Å². The van der Waals surface area contributed by atoms with Crippen molar-refractivity contribution in [3.05, 3.63) is 35.9 Å². The zero-order valence-corrected chi connectivity index (χ0v) is 11.0. The summed E-state index contributed by atoms with van der Waals surface area (Å²) in [5.41, 5.74) is 1.25. The summed E-state index contributed by atoms with van der Waals surface area (Å²) in [6.45, 7) is 1.98. The third kappa shape index (κ3) is 2.40. The molecule has 0 amide bonds. The molecule has 0 saturated heterocycles. The lowest BCUT2D eigenvalue weighted by molar-refractivity contribution is -0.117. The van der Waals surface area contributed by atoms with Crippen molar-refractivity contribution in [2.45, 2.75) is 44.4 Å². The summed E-state index contributed by atoms with van der Waals surface area (Å²) in [7, 11) is 0. The summed E-state index contributed by atoms with van der Waals surface area (Å²) >= 11 is 5.76. The normalized spacial score (nSPS) is 20.8. The van der Waals surface area contributed by atoms with E-state index in [0.29, 0.717) is 0 Å². The molecular weight excluding hydrogens is 232 g/mol. The molecule has 1 nitrogen and oxygen atoms in total. The van der Waals surface area contributed by atoms with E-state index in [2.05, 4.69) is 24.3 Å². The van der Waals surface area contributed by atoms with Crippen LogP contribution in [0.25, 0.3) is 0 Å². The Bertz CT molecular complexity index is 379. The van der Waals surface area contributed by atoms with Gasteiger partial charge in [-0.2, -0.15) is 0 Å². The number of halogens is 1. The second kappa shape index (κ2) is 5.22. The van der Waals surface area contributed by atoms with E-state index in [1.54, 1.807) is 0 Å². The molecule has 1 aromatic rings. The highest BCUT2D eigenvalue weighted by Gasteiger charge is 2.41. The summed E-state index contributed by atoms with van der Waals surface area (Å²) in [6, 6.07) is 10.4. The first-order valence-electron chi connectivity index (χ1n) is 6.42.